The second-order valence-electron chi connectivity index (χ2n) is 3.00. The van der Waals surface area contributed by atoms with Crippen molar-refractivity contribution < 1.29 is 19.4 Å². The number of carboxylic acids is 1. The molecule has 0 aromatic rings. The molecule has 1 N–H and O–H groups in total. The van der Waals surface area contributed by atoms with Crippen LogP contribution >= 0.6 is 0 Å². The number of carboxylic acid groups (broad SMARTS) is 1. The van der Waals surface area contributed by atoms with Gasteiger partial charge in [0.15, 0.2) is 0 Å². The third kappa shape index (κ3) is 5.00. The van der Waals surface area contributed by atoms with Crippen LogP contribution < -0.4 is 0 Å². The summed E-state index contributed by atoms with van der Waals surface area (Å²) in [5, 5.41) is 8.49. The molecule has 0 unspecified atom stereocenters. The summed E-state index contributed by atoms with van der Waals surface area (Å²) in [5.41, 5.74) is 0.199. The molecule has 0 saturated carbocycles. The number of carbonyl (C=O) groups is 2. The highest BCUT2D eigenvalue weighted by atomic mass is 16.5. The second-order valence-corrected chi connectivity index (χ2v) is 3.00. The van der Waals surface area contributed by atoms with Crippen LogP contribution in [0.2, 0.25) is 0 Å². The van der Waals surface area contributed by atoms with Gasteiger partial charge >= 0.3 is 11.9 Å². The van der Waals surface area contributed by atoms with Crippen molar-refractivity contribution >= 4 is 11.9 Å². The number of methoxy groups -OCH3 is 1. The number of aliphatic carboxylic acids is 1. The highest BCUT2D eigenvalue weighted by molar-refractivity contribution is 5.93. The van der Waals surface area contributed by atoms with Gasteiger partial charge in [0.2, 0.25) is 0 Å². The van der Waals surface area contributed by atoms with Gasteiger partial charge < -0.3 is 9.84 Å². The Morgan fingerprint density at radius 2 is 2.00 bits per heavy atom. The van der Waals surface area contributed by atoms with E-state index in [0.717, 1.165) is 0 Å². The summed E-state index contributed by atoms with van der Waals surface area (Å²) < 4.78 is 4.44. The molecule has 0 rings (SSSR count). The van der Waals surface area contributed by atoms with E-state index in [1.165, 1.54) is 7.11 Å². The molecular formula is C9H14O4. The molecular weight excluding hydrogens is 172 g/mol. The van der Waals surface area contributed by atoms with Gasteiger partial charge in [-0.3, -0.25) is 4.79 Å². The van der Waals surface area contributed by atoms with Crippen molar-refractivity contribution in [3.63, 3.8) is 0 Å². The van der Waals surface area contributed by atoms with E-state index in [4.69, 9.17) is 5.11 Å². The van der Waals surface area contributed by atoms with Gasteiger partial charge in [-0.2, -0.15) is 0 Å². The maximum Gasteiger partial charge on any atom is 0.334 e. The van der Waals surface area contributed by atoms with Crippen molar-refractivity contribution in [3.05, 3.63) is 11.6 Å². The number of esters is 1. The lowest BCUT2D eigenvalue weighted by molar-refractivity contribution is -0.141. The highest BCUT2D eigenvalue weighted by Gasteiger charge is 2.13. The minimum atomic E-state index is -1.03. The summed E-state index contributed by atoms with van der Waals surface area (Å²) in [6.07, 6.45) is 1.31. The summed E-state index contributed by atoms with van der Waals surface area (Å²) in [7, 11) is 1.23. The minimum absolute atomic E-state index is 0.133. The van der Waals surface area contributed by atoms with Gasteiger partial charge in [0, 0.05) is 5.57 Å². The molecule has 0 aromatic carbocycles. The minimum Gasteiger partial charge on any atom is -0.481 e. The van der Waals surface area contributed by atoms with E-state index in [-0.39, 0.29) is 17.9 Å². The zero-order chi connectivity index (χ0) is 10.4. The molecule has 0 atom stereocenters. The number of rotatable bonds is 4. The fraction of sp³-hybridized carbons (Fsp3) is 0.556. The first-order valence-electron chi connectivity index (χ1n) is 3.98. The maximum absolute atomic E-state index is 11.0. The van der Waals surface area contributed by atoms with E-state index < -0.39 is 11.9 Å². The summed E-state index contributed by atoms with van der Waals surface area (Å²) in [6.45, 7) is 3.73. The zero-order valence-corrected chi connectivity index (χ0v) is 8.03. The molecule has 0 heterocycles. The molecule has 0 radical (unpaired) electrons. The largest absolute Gasteiger partial charge is 0.481 e. The number of carbonyl (C=O) groups excluding carboxylic acids is 1. The van der Waals surface area contributed by atoms with Crippen LogP contribution in [-0.4, -0.2) is 24.2 Å². The van der Waals surface area contributed by atoms with Gasteiger partial charge in [-0.1, -0.05) is 19.9 Å². The lowest BCUT2D eigenvalue weighted by atomic mass is 10.1. The monoisotopic (exact) mass is 186 g/mol. The first-order valence-corrected chi connectivity index (χ1v) is 3.98. The molecule has 0 aliphatic carbocycles. The first-order chi connectivity index (χ1) is 5.97. The Labute approximate surface area is 77.2 Å². The molecule has 74 valence electrons. The van der Waals surface area contributed by atoms with Crippen molar-refractivity contribution in [1.29, 1.82) is 0 Å². The van der Waals surface area contributed by atoms with Crippen LogP contribution in [0.25, 0.3) is 0 Å². The predicted octanol–water partition coefficient (Wildman–Crippen LogP) is 1.22. The Morgan fingerprint density at radius 1 is 1.46 bits per heavy atom. The van der Waals surface area contributed by atoms with Crippen molar-refractivity contribution in [2.45, 2.75) is 20.3 Å². The topological polar surface area (TPSA) is 63.6 Å². The molecule has 0 bridgehead atoms. The molecule has 13 heavy (non-hydrogen) atoms. The van der Waals surface area contributed by atoms with E-state index in [1.807, 2.05) is 13.8 Å². The average molecular weight is 186 g/mol. The Balaban J connectivity index is 4.55. The quantitative estimate of drug-likeness (QED) is 0.529. The molecule has 0 spiro atoms. The van der Waals surface area contributed by atoms with Gasteiger partial charge in [0.05, 0.1) is 13.5 Å². The third-order valence-corrected chi connectivity index (χ3v) is 1.32. The highest BCUT2D eigenvalue weighted by Crippen LogP contribution is 2.08. The Morgan fingerprint density at radius 3 is 2.31 bits per heavy atom. The smallest absolute Gasteiger partial charge is 0.334 e. The van der Waals surface area contributed by atoms with Crippen LogP contribution in [0.5, 0.6) is 0 Å². The van der Waals surface area contributed by atoms with Gasteiger partial charge in [-0.15, -0.1) is 0 Å². The van der Waals surface area contributed by atoms with Crippen molar-refractivity contribution in [3.8, 4) is 0 Å². The Kier molecular flexibility index (Phi) is 4.80. The van der Waals surface area contributed by atoms with E-state index in [9.17, 15) is 9.59 Å². The van der Waals surface area contributed by atoms with Gasteiger partial charge in [-0.25, -0.2) is 4.79 Å². The van der Waals surface area contributed by atoms with Crippen LogP contribution in [-0.2, 0) is 14.3 Å². The maximum atomic E-state index is 11.0. The lowest BCUT2D eigenvalue weighted by Gasteiger charge is -2.03. The first kappa shape index (κ1) is 11.7. The van der Waals surface area contributed by atoms with Crippen molar-refractivity contribution in [2.75, 3.05) is 7.11 Å². The van der Waals surface area contributed by atoms with Crippen LogP contribution in [0.4, 0.5) is 0 Å². The van der Waals surface area contributed by atoms with Gasteiger partial charge in [0.25, 0.3) is 0 Å². The fourth-order valence-electron chi connectivity index (χ4n) is 0.896. The normalized spacial score (nSPS) is 11.5. The van der Waals surface area contributed by atoms with E-state index in [0.29, 0.717) is 0 Å². The average Bonchev–Trinajstić information content (AvgIpc) is 2.00. The van der Waals surface area contributed by atoms with E-state index in [1.54, 1.807) is 6.08 Å². The number of ether oxygens (including phenoxy) is 1. The number of allylic oxidation sites excluding steroid dienone is 1. The standard InChI is InChI=1S/C9H14O4/c1-6(2)4-7(5-8(10)11)9(12)13-3/h4,6H,5H2,1-3H3,(H,10,11)/b7-4+. The molecule has 0 saturated heterocycles. The van der Waals surface area contributed by atoms with E-state index in [2.05, 4.69) is 4.74 Å². The summed E-state index contributed by atoms with van der Waals surface area (Å²) >= 11 is 0. The van der Waals surface area contributed by atoms with Gasteiger partial charge in [0.1, 0.15) is 0 Å². The van der Waals surface area contributed by atoms with Crippen molar-refractivity contribution in [1.82, 2.24) is 0 Å². The fourth-order valence-corrected chi connectivity index (χ4v) is 0.896. The van der Waals surface area contributed by atoms with Crippen LogP contribution in [0.1, 0.15) is 20.3 Å². The Hall–Kier alpha value is -1.32. The Bertz CT molecular complexity index is 228. The number of hydrogen-bond donors (Lipinski definition) is 1. The molecule has 0 aliphatic heterocycles. The zero-order valence-electron chi connectivity index (χ0n) is 8.03. The van der Waals surface area contributed by atoms with Crippen LogP contribution in [0.15, 0.2) is 11.6 Å². The summed E-state index contributed by atoms with van der Waals surface area (Å²) in [6, 6.07) is 0. The van der Waals surface area contributed by atoms with Gasteiger partial charge in [-0.05, 0) is 5.92 Å². The second kappa shape index (κ2) is 5.35. The molecule has 0 fully saturated rings. The number of hydrogen-bond acceptors (Lipinski definition) is 3. The molecule has 4 nitrogen and oxygen atoms in total. The van der Waals surface area contributed by atoms with Crippen LogP contribution in [0, 0.1) is 5.92 Å². The lowest BCUT2D eigenvalue weighted by Crippen LogP contribution is -2.10. The molecule has 0 aliphatic rings. The van der Waals surface area contributed by atoms with E-state index >= 15 is 0 Å². The van der Waals surface area contributed by atoms with Crippen molar-refractivity contribution in [2.24, 2.45) is 5.92 Å². The molecule has 0 aromatic heterocycles. The third-order valence-electron chi connectivity index (χ3n) is 1.32. The van der Waals surface area contributed by atoms with Crippen LogP contribution in [0.3, 0.4) is 0 Å². The summed E-state index contributed by atoms with van der Waals surface area (Å²) in [5.74, 6) is -1.47. The molecule has 0 amide bonds. The summed E-state index contributed by atoms with van der Waals surface area (Å²) in [4.78, 5) is 21.4. The molecule has 4 heteroatoms. The SMILES string of the molecule is COC(=O)/C(=C/C(C)C)CC(=O)O. The predicted molar refractivity (Wildman–Crippen MR) is 47.2 cm³/mol.